The van der Waals surface area contributed by atoms with Crippen molar-refractivity contribution in [2.75, 3.05) is 13.2 Å². The molecule has 0 fully saturated rings. The summed E-state index contributed by atoms with van der Waals surface area (Å²) in [4.78, 5) is 38.4. The van der Waals surface area contributed by atoms with Gasteiger partial charge in [0.15, 0.2) is 6.10 Å². The molecule has 0 aromatic heterocycles. The summed E-state index contributed by atoms with van der Waals surface area (Å²) < 4.78 is 16.9. The molecular weight excluding hydrogens is 997 g/mol. The third-order valence-electron chi connectivity index (χ3n) is 13.5. The van der Waals surface area contributed by atoms with Crippen LogP contribution in [0.5, 0.6) is 0 Å². The zero-order valence-corrected chi connectivity index (χ0v) is 52.2. The topological polar surface area (TPSA) is 78.9 Å². The molecule has 0 saturated carbocycles. The summed E-state index contributed by atoms with van der Waals surface area (Å²) in [5.41, 5.74) is 0. The van der Waals surface area contributed by atoms with E-state index < -0.39 is 6.10 Å². The van der Waals surface area contributed by atoms with Crippen molar-refractivity contribution in [3.05, 3.63) is 158 Å². The van der Waals surface area contributed by atoms with Gasteiger partial charge in [-0.2, -0.15) is 0 Å². The highest BCUT2D eigenvalue weighted by molar-refractivity contribution is 5.71. The van der Waals surface area contributed by atoms with Gasteiger partial charge in [-0.3, -0.25) is 14.4 Å². The van der Waals surface area contributed by atoms with Gasteiger partial charge in [0, 0.05) is 19.3 Å². The Labute approximate surface area is 499 Å². The first kappa shape index (κ1) is 76.0. The average Bonchev–Trinajstić information content (AvgIpc) is 3.47. The number of carbonyl (C=O) groups excluding carboxylic acids is 3. The van der Waals surface area contributed by atoms with Crippen LogP contribution in [0.2, 0.25) is 0 Å². The van der Waals surface area contributed by atoms with Crippen LogP contribution >= 0.6 is 0 Å². The molecule has 6 heteroatoms. The minimum atomic E-state index is -0.815. The number of hydrogen-bond donors (Lipinski definition) is 0. The van der Waals surface area contributed by atoms with Crippen molar-refractivity contribution < 1.29 is 28.6 Å². The van der Waals surface area contributed by atoms with Gasteiger partial charge in [-0.25, -0.2) is 0 Å². The summed E-state index contributed by atoms with van der Waals surface area (Å²) in [6, 6.07) is 0. The SMILES string of the molecule is CC/C=C\C/C=C\C/C=C\C/C=C\C/C=C\C/C=C\CCCCCCCCCCC(=O)OCC(COC(=O)CCCC/C=C\C/C=C\C/C=C\C/C=C\CC)OC(=O)CCCCCCCC/C=C\C/C=C\C/C=C\CCCCCCC. The summed E-state index contributed by atoms with van der Waals surface area (Å²) in [5.74, 6) is -0.972. The zero-order chi connectivity index (χ0) is 58.5. The molecular formula is C75H120O6. The molecule has 0 aliphatic heterocycles. The van der Waals surface area contributed by atoms with Crippen LogP contribution in [-0.2, 0) is 28.6 Å². The van der Waals surface area contributed by atoms with Crippen LogP contribution in [0.25, 0.3) is 0 Å². The highest BCUT2D eigenvalue weighted by Crippen LogP contribution is 2.14. The van der Waals surface area contributed by atoms with Crippen LogP contribution in [0.15, 0.2) is 158 Å². The largest absolute Gasteiger partial charge is 0.462 e. The molecule has 0 aromatic carbocycles. The molecule has 0 spiro atoms. The van der Waals surface area contributed by atoms with Gasteiger partial charge in [-0.05, 0) is 148 Å². The lowest BCUT2D eigenvalue weighted by Crippen LogP contribution is -2.30. The van der Waals surface area contributed by atoms with Gasteiger partial charge in [0.05, 0.1) is 0 Å². The number of rotatable bonds is 58. The second kappa shape index (κ2) is 67.5. The Kier molecular flexibility index (Phi) is 63.4. The zero-order valence-electron chi connectivity index (χ0n) is 52.2. The average molecular weight is 1120 g/mol. The van der Waals surface area contributed by atoms with Crippen molar-refractivity contribution in [1.29, 1.82) is 0 Å². The van der Waals surface area contributed by atoms with Gasteiger partial charge in [-0.15, -0.1) is 0 Å². The van der Waals surface area contributed by atoms with Crippen molar-refractivity contribution in [3.8, 4) is 0 Å². The van der Waals surface area contributed by atoms with E-state index in [2.05, 4.69) is 179 Å². The number of unbranched alkanes of at least 4 members (excludes halogenated alkanes) is 21. The maximum absolute atomic E-state index is 12.9. The van der Waals surface area contributed by atoms with Crippen LogP contribution in [0.1, 0.15) is 278 Å². The fraction of sp³-hybridized carbons (Fsp3) is 0.613. The van der Waals surface area contributed by atoms with Crippen LogP contribution < -0.4 is 0 Å². The normalized spacial score (nSPS) is 13.2. The molecule has 81 heavy (non-hydrogen) atoms. The first-order chi connectivity index (χ1) is 40.0. The first-order valence-corrected chi connectivity index (χ1v) is 33.0. The lowest BCUT2D eigenvalue weighted by atomic mass is 10.1. The van der Waals surface area contributed by atoms with Gasteiger partial charge in [0.1, 0.15) is 13.2 Å². The maximum atomic E-state index is 12.9. The standard InChI is InChI=1S/C75H120O6/c1-4-7-10-13-16-19-22-25-28-30-32-34-35-36-37-38-39-41-42-44-47-50-53-56-59-62-65-68-74(77)80-71-72(70-79-73(76)67-64-61-58-55-52-49-46-27-24-21-18-15-12-9-6-3)81-75(78)69-66-63-60-57-54-51-48-45-43-40-33-31-29-26-23-20-17-14-11-8-5-2/h7,9-10,12,16,18-19,21,23,25-28,31-34,36-37,39,41,43,45-46,52,55,72H,4-6,8,11,13-15,17,20,22,24,29-30,35,38,40,42,44,47-51,53-54,56-71H2,1-3H3/b10-7-,12-9-,19-16-,21-18-,26-23-,28-25-,33-31-,34-32-,37-36-,41-39-,45-43-,46-27-,55-52-. The third-order valence-corrected chi connectivity index (χ3v) is 13.5. The minimum Gasteiger partial charge on any atom is -0.462 e. The number of esters is 3. The van der Waals surface area contributed by atoms with Gasteiger partial charge < -0.3 is 14.2 Å². The molecule has 6 nitrogen and oxygen atoms in total. The molecule has 0 aromatic rings. The van der Waals surface area contributed by atoms with Crippen LogP contribution in [0.4, 0.5) is 0 Å². The Balaban J connectivity index is 4.45. The highest BCUT2D eigenvalue weighted by atomic mass is 16.6. The predicted molar refractivity (Wildman–Crippen MR) is 352 cm³/mol. The van der Waals surface area contributed by atoms with E-state index in [4.69, 9.17) is 14.2 Å². The number of ether oxygens (including phenoxy) is 3. The van der Waals surface area contributed by atoms with E-state index in [1.165, 1.54) is 83.5 Å². The van der Waals surface area contributed by atoms with E-state index in [-0.39, 0.29) is 31.1 Å². The van der Waals surface area contributed by atoms with Crippen molar-refractivity contribution in [1.82, 2.24) is 0 Å². The van der Waals surface area contributed by atoms with Gasteiger partial charge in [0.2, 0.25) is 0 Å². The van der Waals surface area contributed by atoms with E-state index >= 15 is 0 Å². The molecule has 0 aliphatic rings. The lowest BCUT2D eigenvalue weighted by molar-refractivity contribution is -0.167. The summed E-state index contributed by atoms with van der Waals surface area (Å²) in [6.45, 7) is 6.35. The quantitative estimate of drug-likeness (QED) is 0.0261. The maximum Gasteiger partial charge on any atom is 0.306 e. The van der Waals surface area contributed by atoms with E-state index in [0.29, 0.717) is 25.7 Å². The highest BCUT2D eigenvalue weighted by Gasteiger charge is 2.19. The summed E-state index contributed by atoms with van der Waals surface area (Å²) >= 11 is 0. The predicted octanol–water partition coefficient (Wildman–Crippen LogP) is 22.9. The van der Waals surface area contributed by atoms with Crippen LogP contribution in [-0.4, -0.2) is 37.2 Å². The monoisotopic (exact) mass is 1120 g/mol. The molecule has 456 valence electrons. The van der Waals surface area contributed by atoms with Crippen molar-refractivity contribution in [2.45, 2.75) is 284 Å². The van der Waals surface area contributed by atoms with Crippen molar-refractivity contribution >= 4 is 17.9 Å². The summed E-state index contributed by atoms with van der Waals surface area (Å²) in [5, 5.41) is 0. The van der Waals surface area contributed by atoms with E-state index in [9.17, 15) is 14.4 Å². The Morgan fingerprint density at radius 3 is 0.778 bits per heavy atom. The van der Waals surface area contributed by atoms with Crippen molar-refractivity contribution in [3.63, 3.8) is 0 Å². The number of carbonyl (C=O) groups is 3. The number of hydrogen-bond acceptors (Lipinski definition) is 6. The molecule has 0 bridgehead atoms. The first-order valence-electron chi connectivity index (χ1n) is 33.0. The Hall–Kier alpha value is -4.97. The third kappa shape index (κ3) is 65.7. The lowest BCUT2D eigenvalue weighted by Gasteiger charge is -2.18. The van der Waals surface area contributed by atoms with E-state index in [1.807, 2.05) is 0 Å². The Morgan fingerprint density at radius 1 is 0.259 bits per heavy atom. The van der Waals surface area contributed by atoms with E-state index in [1.54, 1.807) is 0 Å². The summed E-state index contributed by atoms with van der Waals surface area (Å²) in [6.07, 6.45) is 98.2. The molecule has 0 heterocycles. The molecule has 0 aliphatic carbocycles. The fourth-order valence-corrected chi connectivity index (χ4v) is 8.62. The molecule has 1 unspecified atom stereocenters. The molecule has 0 saturated heterocycles. The smallest absolute Gasteiger partial charge is 0.306 e. The number of allylic oxidation sites excluding steroid dienone is 26. The van der Waals surface area contributed by atoms with Gasteiger partial charge in [0.25, 0.3) is 0 Å². The van der Waals surface area contributed by atoms with Gasteiger partial charge in [-0.1, -0.05) is 269 Å². The second-order valence-corrected chi connectivity index (χ2v) is 21.3. The fourth-order valence-electron chi connectivity index (χ4n) is 8.62. The van der Waals surface area contributed by atoms with Gasteiger partial charge >= 0.3 is 17.9 Å². The second-order valence-electron chi connectivity index (χ2n) is 21.3. The molecule has 0 N–H and O–H groups in total. The van der Waals surface area contributed by atoms with E-state index in [0.717, 1.165) is 148 Å². The minimum absolute atomic E-state index is 0.107. The molecule has 0 amide bonds. The Bertz CT molecular complexity index is 1810. The molecule has 0 rings (SSSR count). The van der Waals surface area contributed by atoms with Crippen LogP contribution in [0.3, 0.4) is 0 Å². The molecule has 1 atom stereocenters. The summed E-state index contributed by atoms with van der Waals surface area (Å²) in [7, 11) is 0. The molecule has 0 radical (unpaired) electrons. The van der Waals surface area contributed by atoms with Crippen LogP contribution in [0, 0.1) is 0 Å². The Morgan fingerprint density at radius 2 is 0.481 bits per heavy atom. The van der Waals surface area contributed by atoms with Crippen molar-refractivity contribution in [2.24, 2.45) is 0 Å².